The van der Waals surface area contributed by atoms with Crippen molar-refractivity contribution in [1.29, 1.82) is 0 Å². The highest BCUT2D eigenvalue weighted by Crippen LogP contribution is 2.40. The zero-order valence-corrected chi connectivity index (χ0v) is 27.1. The van der Waals surface area contributed by atoms with Crippen molar-refractivity contribution in [2.75, 3.05) is 5.75 Å². The lowest BCUT2D eigenvalue weighted by Gasteiger charge is -2.36. The largest absolute Gasteiger partial charge is 0.392 e. The molecule has 0 radical (unpaired) electrons. The van der Waals surface area contributed by atoms with Gasteiger partial charge in [-0.1, -0.05) is 120 Å². The van der Waals surface area contributed by atoms with E-state index in [9.17, 15) is 9.90 Å². The van der Waals surface area contributed by atoms with Crippen LogP contribution in [0.2, 0.25) is 0 Å². The number of nitrogens with one attached hydrogen (secondary N) is 2. The zero-order chi connectivity index (χ0) is 31.7. The number of aliphatic hydroxyl groups is 1. The zero-order valence-electron chi connectivity index (χ0n) is 25.5. The van der Waals surface area contributed by atoms with Crippen molar-refractivity contribution in [3.63, 3.8) is 0 Å². The Labute approximate surface area is 277 Å². The second kappa shape index (κ2) is 15.5. The molecule has 0 aliphatic carbocycles. The molecule has 1 fully saturated rings. The minimum Gasteiger partial charge on any atom is -0.392 e. The van der Waals surface area contributed by atoms with Gasteiger partial charge in [0.15, 0.2) is 10.6 Å². The Bertz CT molecular complexity index is 1710. The number of urea groups is 1. The number of benzene rings is 4. The molecule has 2 amide bonds. The molecule has 1 aliphatic rings. The van der Waals surface area contributed by atoms with Crippen LogP contribution in [0.3, 0.4) is 0 Å². The minimum atomic E-state index is -0.531. The lowest BCUT2D eigenvalue weighted by molar-refractivity contribution is -0.245. The van der Waals surface area contributed by atoms with E-state index in [4.69, 9.17) is 9.47 Å². The maximum Gasteiger partial charge on any atom is 0.315 e. The molecule has 1 saturated heterocycles. The van der Waals surface area contributed by atoms with Gasteiger partial charge < -0.3 is 25.2 Å². The fourth-order valence-corrected chi connectivity index (χ4v) is 7.10. The van der Waals surface area contributed by atoms with Crippen LogP contribution < -0.4 is 10.6 Å². The number of nitrogens with zero attached hydrogens (tertiary/aromatic N) is 2. The molecule has 1 aromatic heterocycles. The minimum absolute atomic E-state index is 0.00786. The molecule has 3 atom stereocenters. The quantitative estimate of drug-likeness (QED) is 0.128. The molecule has 236 valence electrons. The van der Waals surface area contributed by atoms with E-state index in [1.165, 1.54) is 0 Å². The van der Waals surface area contributed by atoms with Gasteiger partial charge in [0.25, 0.3) is 0 Å². The Morgan fingerprint density at radius 1 is 0.826 bits per heavy atom. The predicted molar refractivity (Wildman–Crippen MR) is 181 cm³/mol. The van der Waals surface area contributed by atoms with Crippen LogP contribution >= 0.6 is 23.1 Å². The molecule has 2 heterocycles. The second-order valence-corrected chi connectivity index (χ2v) is 13.5. The van der Waals surface area contributed by atoms with E-state index in [0.717, 1.165) is 54.0 Å². The summed E-state index contributed by atoms with van der Waals surface area (Å²) in [5.41, 5.74) is 7.05. The van der Waals surface area contributed by atoms with Crippen LogP contribution in [-0.4, -0.2) is 33.2 Å². The summed E-state index contributed by atoms with van der Waals surface area (Å²) >= 11 is 3.24. The third-order valence-corrected chi connectivity index (χ3v) is 9.81. The molecule has 0 saturated carbocycles. The third-order valence-electron chi connectivity index (χ3n) is 7.71. The molecule has 4 aromatic carbocycles. The van der Waals surface area contributed by atoms with Crippen LogP contribution in [-0.2, 0) is 29.2 Å². The predicted octanol–water partition coefficient (Wildman–Crippen LogP) is 7.34. The van der Waals surface area contributed by atoms with Gasteiger partial charge in [0.2, 0.25) is 0 Å². The van der Waals surface area contributed by atoms with Gasteiger partial charge in [-0.05, 0) is 46.4 Å². The van der Waals surface area contributed by atoms with Crippen LogP contribution in [0, 0.1) is 6.92 Å². The van der Waals surface area contributed by atoms with Gasteiger partial charge in [-0.25, -0.2) is 4.79 Å². The lowest BCUT2D eigenvalue weighted by atomic mass is 9.99. The van der Waals surface area contributed by atoms with Crippen LogP contribution in [0.5, 0.6) is 0 Å². The lowest BCUT2D eigenvalue weighted by Crippen LogP contribution is -2.34. The van der Waals surface area contributed by atoms with Crippen molar-refractivity contribution < 1.29 is 19.4 Å². The van der Waals surface area contributed by atoms with Gasteiger partial charge in [0.05, 0.1) is 18.8 Å². The van der Waals surface area contributed by atoms with E-state index in [1.807, 2.05) is 73.7 Å². The van der Waals surface area contributed by atoms with Gasteiger partial charge in [-0.2, -0.15) is 0 Å². The number of aryl methyl sites for hydroxylation is 1. The van der Waals surface area contributed by atoms with Gasteiger partial charge in [-0.15, -0.1) is 10.2 Å². The fourth-order valence-electron chi connectivity index (χ4n) is 5.24. The van der Waals surface area contributed by atoms with Crippen molar-refractivity contribution >= 4 is 29.1 Å². The second-order valence-electron chi connectivity index (χ2n) is 11.1. The molecule has 0 spiro atoms. The molecule has 5 aromatic rings. The Hall–Kier alpha value is -4.06. The van der Waals surface area contributed by atoms with Crippen LogP contribution in [0.25, 0.3) is 11.1 Å². The summed E-state index contributed by atoms with van der Waals surface area (Å²) in [7, 11) is 0. The summed E-state index contributed by atoms with van der Waals surface area (Å²) in [6.07, 6.45) is -0.0219. The summed E-state index contributed by atoms with van der Waals surface area (Å²) in [4.78, 5) is 12.3. The molecule has 6 rings (SSSR count). The highest BCUT2D eigenvalue weighted by Gasteiger charge is 2.32. The Kier molecular flexibility index (Phi) is 10.7. The summed E-state index contributed by atoms with van der Waals surface area (Å²) in [6, 6.07) is 34.0. The van der Waals surface area contributed by atoms with Gasteiger partial charge in [0.1, 0.15) is 5.01 Å². The topological polar surface area (TPSA) is 106 Å². The van der Waals surface area contributed by atoms with Crippen LogP contribution in [0.1, 0.15) is 51.6 Å². The fraction of sp³-hybridized carbons (Fsp3) is 0.250. The first-order valence-electron chi connectivity index (χ1n) is 15.2. The van der Waals surface area contributed by atoms with E-state index in [2.05, 4.69) is 57.2 Å². The highest BCUT2D eigenvalue weighted by molar-refractivity contribution is 8.01. The number of carbonyl (C=O) groups is 1. The molecule has 10 heteroatoms. The standard InChI is InChI=1S/C36H36N4O4S2/c1-24-39-40-36(46-24)45-23-32-19-33(29-12-10-26(22-41)11-13-29)44-34(43-32)30-16-14-28(15-17-30)31-9-5-8-27(18-31)21-38-35(42)37-20-25-6-3-2-4-7-25/h2-18,32-34,41H,19-23H2,1H3,(H2,37,38,42). The average Bonchev–Trinajstić information content (AvgIpc) is 3.54. The number of aromatic nitrogens is 2. The molecule has 8 nitrogen and oxygen atoms in total. The number of amides is 2. The van der Waals surface area contributed by atoms with Crippen LogP contribution in [0.15, 0.2) is 107 Å². The monoisotopic (exact) mass is 652 g/mol. The highest BCUT2D eigenvalue weighted by atomic mass is 32.2. The first-order chi connectivity index (χ1) is 22.5. The van der Waals surface area contributed by atoms with Crippen LogP contribution in [0.4, 0.5) is 4.79 Å². The maximum atomic E-state index is 12.3. The van der Waals surface area contributed by atoms with Crippen molar-refractivity contribution in [1.82, 2.24) is 20.8 Å². The molecule has 1 aliphatic heterocycles. The molecular formula is C36H36N4O4S2. The first-order valence-corrected chi connectivity index (χ1v) is 17.0. The SMILES string of the molecule is Cc1nnc(SCC2CC(c3ccc(CO)cc3)OC(c3ccc(-c4cccc(CNC(=O)NCc5ccccc5)c4)cc3)O2)s1. The summed E-state index contributed by atoms with van der Waals surface area (Å²) in [5, 5.41) is 24.7. The van der Waals surface area contributed by atoms with E-state index in [-0.39, 0.29) is 24.8 Å². The molecule has 3 unspecified atom stereocenters. The normalized spacial score (nSPS) is 17.8. The Balaban J connectivity index is 1.11. The summed E-state index contributed by atoms with van der Waals surface area (Å²) in [6.45, 7) is 2.87. The number of rotatable bonds is 11. The molecule has 3 N–H and O–H groups in total. The molecular weight excluding hydrogens is 617 g/mol. The van der Waals surface area contributed by atoms with Gasteiger partial charge in [-0.3, -0.25) is 0 Å². The molecule has 46 heavy (non-hydrogen) atoms. The Morgan fingerprint density at radius 3 is 2.26 bits per heavy atom. The summed E-state index contributed by atoms with van der Waals surface area (Å²) in [5.74, 6) is 0.739. The van der Waals surface area contributed by atoms with Crippen molar-refractivity contribution in [2.45, 2.75) is 55.9 Å². The first kappa shape index (κ1) is 31.9. The van der Waals surface area contributed by atoms with E-state index in [0.29, 0.717) is 19.5 Å². The van der Waals surface area contributed by atoms with Gasteiger partial charge >= 0.3 is 6.03 Å². The smallest absolute Gasteiger partial charge is 0.315 e. The number of carbonyl (C=O) groups excluding carboxylic acids is 1. The number of hydrogen-bond donors (Lipinski definition) is 3. The third kappa shape index (κ3) is 8.60. The van der Waals surface area contributed by atoms with E-state index < -0.39 is 6.29 Å². The number of hydrogen-bond acceptors (Lipinski definition) is 8. The number of aliphatic hydroxyl groups excluding tert-OH is 1. The molecule has 0 bridgehead atoms. The Morgan fingerprint density at radius 2 is 1.54 bits per heavy atom. The van der Waals surface area contributed by atoms with Crippen molar-refractivity contribution in [2.24, 2.45) is 0 Å². The van der Waals surface area contributed by atoms with Gasteiger partial charge in [0, 0.05) is 30.8 Å². The van der Waals surface area contributed by atoms with E-state index >= 15 is 0 Å². The summed E-state index contributed by atoms with van der Waals surface area (Å²) < 4.78 is 13.9. The van der Waals surface area contributed by atoms with E-state index in [1.54, 1.807) is 23.1 Å². The van der Waals surface area contributed by atoms with Crippen molar-refractivity contribution in [3.05, 3.63) is 136 Å². The average molecular weight is 653 g/mol. The number of thioether (sulfide) groups is 1. The maximum absolute atomic E-state index is 12.3. The number of ether oxygens (including phenoxy) is 2. The van der Waals surface area contributed by atoms with Crippen molar-refractivity contribution in [3.8, 4) is 11.1 Å².